The number of aromatic nitrogens is 1. The zero-order valence-electron chi connectivity index (χ0n) is 12.1. The number of sulfonamides is 1. The fraction of sp³-hybridized carbons (Fsp3) is 0.312. The van der Waals surface area contributed by atoms with Crippen molar-refractivity contribution in [2.45, 2.75) is 31.1 Å². The fourth-order valence-corrected chi connectivity index (χ4v) is 3.76. The van der Waals surface area contributed by atoms with Gasteiger partial charge >= 0.3 is 0 Å². The van der Waals surface area contributed by atoms with E-state index in [2.05, 4.69) is 9.71 Å². The minimum absolute atomic E-state index is 0.255. The molecule has 0 aliphatic heterocycles. The van der Waals surface area contributed by atoms with E-state index < -0.39 is 10.0 Å². The molecular weight excluding hydrogens is 300 g/mol. The Balaban J connectivity index is 1.72. The van der Waals surface area contributed by atoms with Gasteiger partial charge in [0.15, 0.2) is 11.6 Å². The molecule has 1 aliphatic rings. The zero-order valence-corrected chi connectivity index (χ0v) is 12.9. The Labute approximate surface area is 130 Å². The van der Waals surface area contributed by atoms with E-state index in [9.17, 15) is 8.42 Å². The number of benzene rings is 1. The highest BCUT2D eigenvalue weighted by atomic mass is 32.2. The summed E-state index contributed by atoms with van der Waals surface area (Å²) in [4.78, 5) is 4.10. The van der Waals surface area contributed by atoms with Gasteiger partial charge in [-0.25, -0.2) is 13.4 Å². The van der Waals surface area contributed by atoms with Crippen molar-refractivity contribution in [3.8, 4) is 5.75 Å². The topological polar surface area (TPSA) is 68.3 Å². The molecule has 6 heteroatoms. The van der Waals surface area contributed by atoms with Gasteiger partial charge in [0.1, 0.15) is 6.61 Å². The van der Waals surface area contributed by atoms with E-state index in [1.807, 2.05) is 30.3 Å². The number of anilines is 1. The third kappa shape index (κ3) is 3.39. The molecule has 1 fully saturated rings. The van der Waals surface area contributed by atoms with Crippen LogP contribution in [-0.2, 0) is 16.6 Å². The molecule has 1 aromatic carbocycles. The van der Waals surface area contributed by atoms with E-state index in [1.165, 1.54) is 0 Å². The molecule has 0 spiro atoms. The summed E-state index contributed by atoms with van der Waals surface area (Å²) in [7, 11) is -3.37. The molecule has 1 heterocycles. The summed E-state index contributed by atoms with van der Waals surface area (Å²) in [5, 5.41) is -0.309. The first kappa shape index (κ1) is 14.8. The lowest BCUT2D eigenvalue weighted by atomic mass is 10.0. The first-order chi connectivity index (χ1) is 10.6. The first-order valence-corrected chi connectivity index (χ1v) is 8.83. The smallest absolute Gasteiger partial charge is 0.236 e. The molecule has 1 aliphatic carbocycles. The predicted molar refractivity (Wildman–Crippen MR) is 85.2 cm³/mol. The molecular formula is C16H18N2O3S. The summed E-state index contributed by atoms with van der Waals surface area (Å²) in [5.41, 5.74) is 1.01. The summed E-state index contributed by atoms with van der Waals surface area (Å²) < 4.78 is 32.7. The van der Waals surface area contributed by atoms with Crippen LogP contribution in [0.25, 0.3) is 0 Å². The fourth-order valence-electron chi connectivity index (χ4n) is 2.22. The van der Waals surface area contributed by atoms with Crippen molar-refractivity contribution < 1.29 is 13.2 Å². The highest BCUT2D eigenvalue weighted by Gasteiger charge is 2.32. The molecule has 0 atom stereocenters. The van der Waals surface area contributed by atoms with E-state index in [1.54, 1.807) is 18.3 Å². The largest absolute Gasteiger partial charge is 0.485 e. The highest BCUT2D eigenvalue weighted by molar-refractivity contribution is 7.93. The monoisotopic (exact) mass is 318 g/mol. The minimum Gasteiger partial charge on any atom is -0.485 e. The van der Waals surface area contributed by atoms with Gasteiger partial charge in [-0.15, -0.1) is 0 Å². The molecule has 2 aromatic rings. The molecule has 0 unspecified atom stereocenters. The van der Waals surface area contributed by atoms with Gasteiger partial charge in [0.2, 0.25) is 10.0 Å². The van der Waals surface area contributed by atoms with Crippen LogP contribution in [0.2, 0.25) is 0 Å². The van der Waals surface area contributed by atoms with Crippen LogP contribution in [0.15, 0.2) is 48.7 Å². The number of pyridine rings is 1. The van der Waals surface area contributed by atoms with E-state index >= 15 is 0 Å². The lowest BCUT2D eigenvalue weighted by Crippen LogP contribution is -2.33. The Morgan fingerprint density at radius 1 is 1.14 bits per heavy atom. The standard InChI is InChI=1S/C16H18N2O3S/c19-22(20,14-8-4-9-14)18-16-15(10-5-11-17-16)21-12-13-6-2-1-3-7-13/h1-3,5-7,10-11,14H,4,8-9,12H2,(H,17,18). The van der Waals surface area contributed by atoms with Gasteiger partial charge in [-0.1, -0.05) is 36.8 Å². The molecule has 0 radical (unpaired) electrons. The third-order valence-corrected chi connectivity index (χ3v) is 5.56. The van der Waals surface area contributed by atoms with Crippen molar-refractivity contribution in [2.24, 2.45) is 0 Å². The minimum atomic E-state index is -3.37. The van der Waals surface area contributed by atoms with E-state index in [4.69, 9.17) is 4.74 Å². The van der Waals surface area contributed by atoms with Crippen LogP contribution >= 0.6 is 0 Å². The second kappa shape index (κ2) is 6.36. The SMILES string of the molecule is O=S(=O)(Nc1ncccc1OCc1ccccc1)C1CCC1. The van der Waals surface area contributed by atoms with Crippen molar-refractivity contribution in [2.75, 3.05) is 4.72 Å². The van der Waals surface area contributed by atoms with Crippen LogP contribution < -0.4 is 9.46 Å². The van der Waals surface area contributed by atoms with Gasteiger partial charge in [0.25, 0.3) is 0 Å². The number of hydrogen-bond donors (Lipinski definition) is 1. The normalized spacial score (nSPS) is 15.1. The highest BCUT2D eigenvalue weighted by Crippen LogP contribution is 2.30. The molecule has 0 amide bonds. The van der Waals surface area contributed by atoms with E-state index in [-0.39, 0.29) is 11.1 Å². The third-order valence-electron chi connectivity index (χ3n) is 3.74. The van der Waals surface area contributed by atoms with Crippen LogP contribution in [0.5, 0.6) is 5.75 Å². The number of hydrogen-bond acceptors (Lipinski definition) is 4. The Bertz CT molecular complexity index is 728. The van der Waals surface area contributed by atoms with Crippen molar-refractivity contribution in [3.63, 3.8) is 0 Å². The lowest BCUT2D eigenvalue weighted by molar-refractivity contribution is 0.307. The molecule has 1 N–H and O–H groups in total. The van der Waals surface area contributed by atoms with Crippen LogP contribution in [0.3, 0.4) is 0 Å². The van der Waals surface area contributed by atoms with Crippen LogP contribution in [0, 0.1) is 0 Å². The number of nitrogens with one attached hydrogen (secondary N) is 1. The molecule has 0 saturated heterocycles. The first-order valence-electron chi connectivity index (χ1n) is 7.28. The van der Waals surface area contributed by atoms with Gasteiger partial charge in [0.05, 0.1) is 5.25 Å². The summed E-state index contributed by atoms with van der Waals surface area (Å²) >= 11 is 0. The predicted octanol–water partition coefficient (Wildman–Crippen LogP) is 2.95. The maximum atomic E-state index is 12.2. The van der Waals surface area contributed by atoms with Gasteiger partial charge in [-0.05, 0) is 30.5 Å². The molecule has 1 saturated carbocycles. The molecule has 116 valence electrons. The molecule has 3 rings (SSSR count). The van der Waals surface area contributed by atoms with E-state index in [0.717, 1.165) is 12.0 Å². The molecule has 5 nitrogen and oxygen atoms in total. The van der Waals surface area contributed by atoms with Gasteiger partial charge < -0.3 is 4.74 Å². The van der Waals surface area contributed by atoms with Gasteiger partial charge in [0, 0.05) is 6.20 Å². The Morgan fingerprint density at radius 3 is 2.59 bits per heavy atom. The Kier molecular flexibility index (Phi) is 4.29. The van der Waals surface area contributed by atoms with Gasteiger partial charge in [-0.2, -0.15) is 0 Å². The van der Waals surface area contributed by atoms with E-state index in [0.29, 0.717) is 25.2 Å². The molecule has 22 heavy (non-hydrogen) atoms. The number of ether oxygens (including phenoxy) is 1. The maximum Gasteiger partial charge on any atom is 0.236 e. The Morgan fingerprint density at radius 2 is 1.91 bits per heavy atom. The van der Waals surface area contributed by atoms with Crippen LogP contribution in [0.1, 0.15) is 24.8 Å². The summed E-state index contributed by atoms with van der Waals surface area (Å²) in [5.74, 6) is 0.694. The second-order valence-corrected chi connectivity index (χ2v) is 7.29. The average Bonchev–Trinajstić information content (AvgIpc) is 2.44. The van der Waals surface area contributed by atoms with Crippen LogP contribution in [-0.4, -0.2) is 18.7 Å². The number of rotatable bonds is 6. The van der Waals surface area contributed by atoms with Crippen molar-refractivity contribution in [1.29, 1.82) is 0 Å². The lowest BCUT2D eigenvalue weighted by Gasteiger charge is -2.25. The zero-order chi connectivity index (χ0) is 15.4. The van der Waals surface area contributed by atoms with Crippen molar-refractivity contribution in [3.05, 3.63) is 54.2 Å². The quantitative estimate of drug-likeness (QED) is 0.889. The number of nitrogens with zero attached hydrogens (tertiary/aromatic N) is 1. The van der Waals surface area contributed by atoms with Crippen LogP contribution in [0.4, 0.5) is 5.82 Å². The summed E-state index contributed by atoms with van der Waals surface area (Å²) in [6.07, 6.45) is 3.93. The molecule has 1 aromatic heterocycles. The van der Waals surface area contributed by atoms with Crippen molar-refractivity contribution >= 4 is 15.8 Å². The Hall–Kier alpha value is -2.08. The maximum absolute atomic E-state index is 12.2. The van der Waals surface area contributed by atoms with Gasteiger partial charge in [-0.3, -0.25) is 4.72 Å². The van der Waals surface area contributed by atoms with Crippen molar-refractivity contribution in [1.82, 2.24) is 4.98 Å². The summed E-state index contributed by atoms with van der Waals surface area (Å²) in [6, 6.07) is 13.1. The second-order valence-electron chi connectivity index (χ2n) is 5.32. The average molecular weight is 318 g/mol. The summed E-state index contributed by atoms with van der Waals surface area (Å²) in [6.45, 7) is 0.366. The molecule has 0 bridgehead atoms.